The van der Waals surface area contributed by atoms with Crippen molar-refractivity contribution in [2.75, 3.05) is 25.5 Å². The molecule has 7 heteroatoms. The van der Waals surface area contributed by atoms with E-state index in [0.717, 1.165) is 0 Å². The Morgan fingerprint density at radius 1 is 1.35 bits per heavy atom. The minimum absolute atomic E-state index is 0.0427. The fourth-order valence-electron chi connectivity index (χ4n) is 1.66. The van der Waals surface area contributed by atoms with Gasteiger partial charge in [0.25, 0.3) is 0 Å². The number of hydrogen-bond acceptors (Lipinski definition) is 6. The molecule has 7 nitrogen and oxygen atoms in total. The molecule has 128 valence electrons. The smallest absolute Gasteiger partial charge is 0.415 e. The number of aromatic nitrogens is 1. The van der Waals surface area contributed by atoms with Crippen LogP contribution < -0.4 is 10.2 Å². The molecule has 0 aromatic carbocycles. The Kier molecular flexibility index (Phi) is 7.47. The molecule has 1 N–H and O–H groups in total. The summed E-state index contributed by atoms with van der Waals surface area (Å²) in [5, 5.41) is 2.72. The number of nitrogens with one attached hydrogen (secondary N) is 1. The van der Waals surface area contributed by atoms with Gasteiger partial charge in [0.05, 0.1) is 6.54 Å². The molecular formula is C16H25N3O4. The number of hydrogen-bond donors (Lipinski definition) is 1. The van der Waals surface area contributed by atoms with Crippen LogP contribution in [-0.2, 0) is 20.9 Å². The molecule has 1 atom stereocenters. The highest BCUT2D eigenvalue weighted by Crippen LogP contribution is 2.19. The van der Waals surface area contributed by atoms with Crippen LogP contribution in [-0.4, -0.2) is 43.8 Å². The Morgan fingerprint density at radius 2 is 2.04 bits per heavy atom. The van der Waals surface area contributed by atoms with E-state index in [-0.39, 0.29) is 31.1 Å². The van der Waals surface area contributed by atoms with E-state index in [4.69, 9.17) is 9.47 Å². The maximum atomic E-state index is 12.2. The lowest BCUT2D eigenvalue weighted by molar-refractivity contribution is -0.143. The van der Waals surface area contributed by atoms with Crippen molar-refractivity contribution in [3.8, 4) is 0 Å². The number of rotatable bonds is 7. The molecule has 0 saturated heterocycles. The number of carbonyl (C=O) groups excluding carboxylic acids is 2. The van der Waals surface area contributed by atoms with Crippen LogP contribution in [0.25, 0.3) is 0 Å². The van der Waals surface area contributed by atoms with Crippen molar-refractivity contribution in [2.45, 2.75) is 33.5 Å². The van der Waals surface area contributed by atoms with Gasteiger partial charge in [0.1, 0.15) is 18.5 Å². The fraction of sp³-hybridized carbons (Fsp3) is 0.562. The second kappa shape index (κ2) is 9.09. The molecule has 0 aliphatic heterocycles. The Morgan fingerprint density at radius 3 is 2.65 bits per heavy atom. The average molecular weight is 323 g/mol. The van der Waals surface area contributed by atoms with Crippen molar-refractivity contribution < 1.29 is 19.1 Å². The number of ether oxygens (including phenoxy) is 2. The third-order valence-electron chi connectivity index (χ3n) is 3.39. The van der Waals surface area contributed by atoms with Crippen LogP contribution in [0.15, 0.2) is 18.3 Å². The standard InChI is InChI=1S/C16H25N3O4/c1-11(2)12(3)23-16(21)19(5)15-13(7-6-8-18-15)10-22-14(20)9-17-4/h6-8,11-12,17H,9-10H2,1-5H3. The molecule has 1 unspecified atom stereocenters. The fourth-order valence-corrected chi connectivity index (χ4v) is 1.66. The van der Waals surface area contributed by atoms with Gasteiger partial charge in [-0.3, -0.25) is 9.69 Å². The number of pyridine rings is 1. The van der Waals surface area contributed by atoms with E-state index in [1.807, 2.05) is 20.8 Å². The van der Waals surface area contributed by atoms with Gasteiger partial charge in [-0.2, -0.15) is 0 Å². The molecule has 1 heterocycles. The van der Waals surface area contributed by atoms with E-state index in [2.05, 4.69) is 10.3 Å². The summed E-state index contributed by atoms with van der Waals surface area (Å²) in [7, 11) is 3.24. The molecule has 0 bridgehead atoms. The van der Waals surface area contributed by atoms with E-state index < -0.39 is 6.09 Å². The molecule has 0 spiro atoms. The van der Waals surface area contributed by atoms with E-state index in [1.165, 1.54) is 4.90 Å². The van der Waals surface area contributed by atoms with Crippen LogP contribution in [0.2, 0.25) is 0 Å². The van der Waals surface area contributed by atoms with Gasteiger partial charge in [0.2, 0.25) is 0 Å². The second-order valence-corrected chi connectivity index (χ2v) is 5.57. The van der Waals surface area contributed by atoms with E-state index in [1.54, 1.807) is 32.4 Å². The lowest BCUT2D eigenvalue weighted by Gasteiger charge is -2.23. The summed E-state index contributed by atoms with van der Waals surface area (Å²) in [6.07, 6.45) is 0.877. The van der Waals surface area contributed by atoms with Crippen LogP contribution in [0.3, 0.4) is 0 Å². The first-order valence-corrected chi connectivity index (χ1v) is 7.55. The lowest BCUT2D eigenvalue weighted by atomic mass is 10.1. The van der Waals surface area contributed by atoms with Crippen molar-refractivity contribution >= 4 is 17.9 Å². The summed E-state index contributed by atoms with van der Waals surface area (Å²) >= 11 is 0. The minimum Gasteiger partial charge on any atom is -0.460 e. The Hall–Kier alpha value is -2.15. The zero-order valence-electron chi connectivity index (χ0n) is 14.3. The monoisotopic (exact) mass is 323 g/mol. The topological polar surface area (TPSA) is 80.8 Å². The van der Waals surface area contributed by atoms with Gasteiger partial charge in [-0.25, -0.2) is 9.78 Å². The first-order valence-electron chi connectivity index (χ1n) is 7.55. The lowest BCUT2D eigenvalue weighted by Crippen LogP contribution is -2.33. The predicted molar refractivity (Wildman–Crippen MR) is 87.1 cm³/mol. The number of carbonyl (C=O) groups is 2. The van der Waals surface area contributed by atoms with Crippen LogP contribution in [0.1, 0.15) is 26.3 Å². The first kappa shape index (κ1) is 18.9. The van der Waals surface area contributed by atoms with E-state index in [0.29, 0.717) is 11.4 Å². The van der Waals surface area contributed by atoms with Crippen molar-refractivity contribution in [1.82, 2.24) is 10.3 Å². The number of nitrogens with zero attached hydrogens (tertiary/aromatic N) is 2. The highest BCUT2D eigenvalue weighted by atomic mass is 16.6. The number of esters is 1. The molecule has 23 heavy (non-hydrogen) atoms. The van der Waals surface area contributed by atoms with Crippen LogP contribution >= 0.6 is 0 Å². The van der Waals surface area contributed by atoms with Crippen molar-refractivity contribution in [2.24, 2.45) is 5.92 Å². The number of amides is 1. The summed E-state index contributed by atoms with van der Waals surface area (Å²) in [5.74, 6) is 0.254. The number of anilines is 1. The average Bonchev–Trinajstić information content (AvgIpc) is 2.52. The van der Waals surface area contributed by atoms with Crippen LogP contribution in [0.5, 0.6) is 0 Å². The van der Waals surface area contributed by atoms with Gasteiger partial charge in [0, 0.05) is 18.8 Å². The third-order valence-corrected chi connectivity index (χ3v) is 3.39. The maximum absolute atomic E-state index is 12.2. The molecular weight excluding hydrogens is 298 g/mol. The quantitative estimate of drug-likeness (QED) is 0.773. The summed E-state index contributed by atoms with van der Waals surface area (Å²) in [5.41, 5.74) is 0.633. The SMILES string of the molecule is CNCC(=O)OCc1cccnc1N(C)C(=O)OC(C)C(C)C. The predicted octanol–water partition coefficient (Wildman–Crippen LogP) is 1.96. The minimum atomic E-state index is -0.493. The molecule has 0 radical (unpaired) electrons. The molecule has 1 aromatic rings. The summed E-state index contributed by atoms with van der Waals surface area (Å²) in [6.45, 7) is 5.96. The van der Waals surface area contributed by atoms with E-state index >= 15 is 0 Å². The van der Waals surface area contributed by atoms with Crippen molar-refractivity contribution in [1.29, 1.82) is 0 Å². The molecule has 0 fully saturated rings. The summed E-state index contributed by atoms with van der Waals surface area (Å²) in [4.78, 5) is 29.2. The Bertz CT molecular complexity index is 534. The molecule has 0 aliphatic carbocycles. The Balaban J connectivity index is 2.78. The second-order valence-electron chi connectivity index (χ2n) is 5.57. The van der Waals surface area contributed by atoms with Gasteiger partial charge in [-0.05, 0) is 26.0 Å². The van der Waals surface area contributed by atoms with Crippen LogP contribution in [0.4, 0.5) is 10.6 Å². The van der Waals surface area contributed by atoms with Gasteiger partial charge < -0.3 is 14.8 Å². The molecule has 1 amide bonds. The van der Waals surface area contributed by atoms with Gasteiger partial charge >= 0.3 is 12.1 Å². The Labute approximate surface area is 137 Å². The normalized spacial score (nSPS) is 11.9. The molecule has 1 aromatic heterocycles. The highest BCUT2D eigenvalue weighted by Gasteiger charge is 2.21. The maximum Gasteiger partial charge on any atom is 0.415 e. The van der Waals surface area contributed by atoms with Gasteiger partial charge in [-0.1, -0.05) is 19.9 Å². The van der Waals surface area contributed by atoms with Gasteiger partial charge in [0.15, 0.2) is 0 Å². The van der Waals surface area contributed by atoms with Gasteiger partial charge in [-0.15, -0.1) is 0 Å². The van der Waals surface area contributed by atoms with Crippen molar-refractivity contribution in [3.63, 3.8) is 0 Å². The zero-order valence-corrected chi connectivity index (χ0v) is 14.3. The number of likely N-dealkylation sites (N-methyl/N-ethyl adjacent to an activating group) is 1. The largest absolute Gasteiger partial charge is 0.460 e. The molecule has 0 saturated carbocycles. The van der Waals surface area contributed by atoms with Crippen LogP contribution in [0, 0.1) is 5.92 Å². The third kappa shape index (κ3) is 5.86. The van der Waals surface area contributed by atoms with Crippen molar-refractivity contribution in [3.05, 3.63) is 23.9 Å². The summed E-state index contributed by atoms with van der Waals surface area (Å²) in [6, 6.07) is 3.48. The highest BCUT2D eigenvalue weighted by molar-refractivity contribution is 5.86. The molecule has 1 rings (SSSR count). The van der Waals surface area contributed by atoms with E-state index in [9.17, 15) is 9.59 Å². The molecule has 0 aliphatic rings. The first-order chi connectivity index (χ1) is 10.9. The summed E-state index contributed by atoms with van der Waals surface area (Å²) < 4.78 is 10.5. The zero-order chi connectivity index (χ0) is 17.4.